The maximum absolute atomic E-state index is 12.0. The molecule has 0 spiro atoms. The molecule has 1 aliphatic heterocycles. The van der Waals surface area contributed by atoms with Crippen molar-refractivity contribution in [3.8, 4) is 0 Å². The summed E-state index contributed by atoms with van der Waals surface area (Å²) < 4.78 is 5.94. The van der Waals surface area contributed by atoms with E-state index in [9.17, 15) is 9.90 Å². The van der Waals surface area contributed by atoms with Gasteiger partial charge >= 0.3 is 0 Å². The molecular formula is C14H18BrNO3. The highest BCUT2D eigenvalue weighted by Crippen LogP contribution is 2.21. The lowest BCUT2D eigenvalue weighted by Crippen LogP contribution is -2.32. The number of halogens is 1. The Morgan fingerprint density at radius 2 is 2.26 bits per heavy atom. The van der Waals surface area contributed by atoms with Crippen LogP contribution in [0.25, 0.3) is 6.08 Å². The molecule has 0 aromatic carbocycles. The highest BCUT2D eigenvalue weighted by Gasteiger charge is 2.26. The van der Waals surface area contributed by atoms with Gasteiger partial charge in [-0.2, -0.15) is 0 Å². The minimum atomic E-state index is -0.648. The number of carbonyl (C=O) groups is 1. The average molecular weight is 328 g/mol. The van der Waals surface area contributed by atoms with E-state index in [0.717, 1.165) is 12.8 Å². The number of nitrogens with zero attached hydrogens (tertiary/aromatic N) is 1. The van der Waals surface area contributed by atoms with Crippen LogP contribution in [-0.2, 0) is 4.79 Å². The molecule has 1 fully saturated rings. The van der Waals surface area contributed by atoms with Crippen LogP contribution in [0.15, 0.2) is 27.3 Å². The lowest BCUT2D eigenvalue weighted by atomic mass is 9.98. The largest absolute Gasteiger partial charge is 0.450 e. The molecule has 5 heteroatoms. The lowest BCUT2D eigenvalue weighted by Gasteiger charge is -2.21. The minimum Gasteiger partial charge on any atom is -0.450 e. The van der Waals surface area contributed by atoms with Crippen molar-refractivity contribution in [1.82, 2.24) is 4.90 Å². The monoisotopic (exact) mass is 327 g/mol. The van der Waals surface area contributed by atoms with Crippen molar-refractivity contribution in [1.29, 1.82) is 0 Å². The van der Waals surface area contributed by atoms with Gasteiger partial charge in [0, 0.05) is 19.2 Å². The summed E-state index contributed by atoms with van der Waals surface area (Å²) in [6.07, 6.45) is 5.38. The summed E-state index contributed by atoms with van der Waals surface area (Å²) in [5, 5.41) is 9.99. The third kappa shape index (κ3) is 4.21. The van der Waals surface area contributed by atoms with Crippen LogP contribution in [0.2, 0.25) is 0 Å². The van der Waals surface area contributed by atoms with E-state index in [1.807, 2.05) is 6.92 Å². The molecule has 4 nitrogen and oxygen atoms in total. The zero-order valence-corrected chi connectivity index (χ0v) is 12.5. The normalized spacial score (nSPS) is 24.7. The minimum absolute atomic E-state index is 0.0368. The molecule has 1 atom stereocenters. The second kappa shape index (κ2) is 5.92. The Hall–Kier alpha value is -1.07. The van der Waals surface area contributed by atoms with Crippen LogP contribution in [0.4, 0.5) is 0 Å². The van der Waals surface area contributed by atoms with Crippen LogP contribution in [0.5, 0.6) is 0 Å². The van der Waals surface area contributed by atoms with Gasteiger partial charge < -0.3 is 14.4 Å². The predicted octanol–water partition coefficient (Wildman–Crippen LogP) is 2.82. The summed E-state index contributed by atoms with van der Waals surface area (Å²) in [5.74, 6) is 0.604. The van der Waals surface area contributed by atoms with Crippen LogP contribution in [-0.4, -0.2) is 34.6 Å². The highest BCUT2D eigenvalue weighted by molar-refractivity contribution is 9.10. The van der Waals surface area contributed by atoms with Crippen molar-refractivity contribution in [2.75, 3.05) is 13.1 Å². The lowest BCUT2D eigenvalue weighted by molar-refractivity contribution is -0.126. The fraction of sp³-hybridized carbons (Fsp3) is 0.500. The van der Waals surface area contributed by atoms with Gasteiger partial charge in [0.05, 0.1) is 5.60 Å². The fourth-order valence-electron chi connectivity index (χ4n) is 2.16. The van der Waals surface area contributed by atoms with Crippen molar-refractivity contribution >= 4 is 27.9 Å². The predicted molar refractivity (Wildman–Crippen MR) is 76.5 cm³/mol. The van der Waals surface area contributed by atoms with Crippen molar-refractivity contribution < 1.29 is 14.3 Å². The Morgan fingerprint density at radius 1 is 1.47 bits per heavy atom. The third-order valence-corrected chi connectivity index (χ3v) is 3.79. The van der Waals surface area contributed by atoms with E-state index < -0.39 is 5.60 Å². The molecule has 1 N–H and O–H groups in total. The van der Waals surface area contributed by atoms with Gasteiger partial charge in [-0.15, -0.1) is 0 Å². The Labute approximate surface area is 121 Å². The summed E-state index contributed by atoms with van der Waals surface area (Å²) in [4.78, 5) is 13.8. The molecule has 0 aliphatic carbocycles. The number of furan rings is 1. The summed E-state index contributed by atoms with van der Waals surface area (Å²) in [6, 6.07) is 3.58. The molecule has 1 aliphatic rings. The molecule has 0 radical (unpaired) electrons. The average Bonchev–Trinajstić information content (AvgIpc) is 2.67. The molecule has 1 aromatic heterocycles. The Kier molecular flexibility index (Phi) is 4.47. The maximum Gasteiger partial charge on any atom is 0.246 e. The molecule has 1 aromatic rings. The van der Waals surface area contributed by atoms with Crippen LogP contribution >= 0.6 is 15.9 Å². The fourth-order valence-corrected chi connectivity index (χ4v) is 2.48. The van der Waals surface area contributed by atoms with E-state index in [1.165, 1.54) is 6.08 Å². The first-order valence-corrected chi connectivity index (χ1v) is 7.20. The number of hydrogen-bond acceptors (Lipinski definition) is 3. The van der Waals surface area contributed by atoms with Crippen molar-refractivity contribution in [3.63, 3.8) is 0 Å². The molecular weight excluding hydrogens is 310 g/mol. The SMILES string of the molecule is CC1(O)CCCN(C(=O)/C=C/c2ccc(Br)o2)CC1. The molecule has 1 amide bonds. The van der Waals surface area contributed by atoms with Gasteiger partial charge in [-0.1, -0.05) is 0 Å². The number of aliphatic hydroxyl groups is 1. The summed E-state index contributed by atoms with van der Waals surface area (Å²) in [5.41, 5.74) is -0.648. The Morgan fingerprint density at radius 3 is 2.95 bits per heavy atom. The molecule has 2 heterocycles. The van der Waals surface area contributed by atoms with Crippen LogP contribution in [0.3, 0.4) is 0 Å². The Balaban J connectivity index is 1.94. The van der Waals surface area contributed by atoms with Gasteiger partial charge in [0.15, 0.2) is 4.67 Å². The maximum atomic E-state index is 12.0. The van der Waals surface area contributed by atoms with Gasteiger partial charge in [0.1, 0.15) is 5.76 Å². The molecule has 1 unspecified atom stereocenters. The molecule has 0 bridgehead atoms. The van der Waals surface area contributed by atoms with Crippen LogP contribution in [0.1, 0.15) is 31.9 Å². The smallest absolute Gasteiger partial charge is 0.246 e. The quantitative estimate of drug-likeness (QED) is 0.850. The van der Waals surface area contributed by atoms with Crippen molar-refractivity contribution in [3.05, 3.63) is 28.6 Å². The number of likely N-dealkylation sites (tertiary alicyclic amines) is 1. The number of amides is 1. The Bertz CT molecular complexity index is 479. The second-order valence-corrected chi connectivity index (χ2v) is 5.93. The van der Waals surface area contributed by atoms with Crippen LogP contribution in [0, 0.1) is 0 Å². The van der Waals surface area contributed by atoms with Gasteiger partial charge in [-0.05, 0) is 60.3 Å². The van der Waals surface area contributed by atoms with Gasteiger partial charge in [-0.25, -0.2) is 0 Å². The number of rotatable bonds is 2. The topological polar surface area (TPSA) is 53.7 Å². The van der Waals surface area contributed by atoms with Crippen molar-refractivity contribution in [2.45, 2.75) is 31.8 Å². The van der Waals surface area contributed by atoms with E-state index in [2.05, 4.69) is 15.9 Å². The van der Waals surface area contributed by atoms with E-state index in [1.54, 1.807) is 23.1 Å². The van der Waals surface area contributed by atoms with E-state index in [0.29, 0.717) is 29.9 Å². The standard InChI is InChI=1S/C14H18BrNO3/c1-14(18)7-2-9-16(10-8-14)13(17)6-4-11-3-5-12(15)19-11/h3-6,18H,2,7-10H2,1H3/b6-4+. The number of carbonyl (C=O) groups excluding carboxylic acids is 1. The third-order valence-electron chi connectivity index (χ3n) is 3.36. The first kappa shape index (κ1) is 14.3. The summed E-state index contributed by atoms with van der Waals surface area (Å²) in [6.45, 7) is 3.12. The van der Waals surface area contributed by atoms with E-state index >= 15 is 0 Å². The first-order chi connectivity index (χ1) is 8.96. The number of hydrogen-bond donors (Lipinski definition) is 1. The highest BCUT2D eigenvalue weighted by atomic mass is 79.9. The molecule has 0 saturated carbocycles. The molecule has 2 rings (SSSR count). The second-order valence-electron chi connectivity index (χ2n) is 5.15. The van der Waals surface area contributed by atoms with Crippen molar-refractivity contribution in [2.24, 2.45) is 0 Å². The summed E-state index contributed by atoms with van der Waals surface area (Å²) in [7, 11) is 0. The zero-order chi connectivity index (χ0) is 13.9. The molecule has 19 heavy (non-hydrogen) atoms. The van der Waals surface area contributed by atoms with Gasteiger partial charge in [0.2, 0.25) is 5.91 Å². The van der Waals surface area contributed by atoms with Crippen LogP contribution < -0.4 is 0 Å². The van der Waals surface area contributed by atoms with Gasteiger partial charge in [-0.3, -0.25) is 4.79 Å². The molecule has 1 saturated heterocycles. The summed E-state index contributed by atoms with van der Waals surface area (Å²) >= 11 is 3.21. The molecule has 104 valence electrons. The zero-order valence-electron chi connectivity index (χ0n) is 10.9. The van der Waals surface area contributed by atoms with E-state index in [-0.39, 0.29) is 5.91 Å². The van der Waals surface area contributed by atoms with E-state index in [4.69, 9.17) is 4.42 Å². The van der Waals surface area contributed by atoms with Gasteiger partial charge in [0.25, 0.3) is 0 Å². The first-order valence-electron chi connectivity index (χ1n) is 6.41.